The minimum absolute atomic E-state index is 0.222. The average molecular weight is 367 g/mol. The molecule has 0 radical (unpaired) electrons. The van der Waals surface area contributed by atoms with Gasteiger partial charge in [0.1, 0.15) is 0 Å². The first-order chi connectivity index (χ1) is 12.1. The molecule has 0 aromatic carbocycles. The summed E-state index contributed by atoms with van der Waals surface area (Å²) in [5.41, 5.74) is 0.632. The minimum Gasteiger partial charge on any atom is -0.322 e. The van der Waals surface area contributed by atoms with Gasteiger partial charge in [-0.1, -0.05) is 12.8 Å². The minimum atomic E-state index is -3.42. The standard InChI is InChI=1S/C16H25N5O3S/c22-16(18-15-6-5-7-17-14-15)19-10-12-21(13-11-19)25(23,24)20-8-3-1-2-4-9-20/h5-7,14H,1-4,8-13H2,(H,18,22). The highest BCUT2D eigenvalue weighted by Crippen LogP contribution is 2.18. The number of carbonyl (C=O) groups excluding carboxylic acids is 1. The summed E-state index contributed by atoms with van der Waals surface area (Å²) in [4.78, 5) is 17.9. The van der Waals surface area contributed by atoms with Gasteiger partial charge in [0.25, 0.3) is 10.2 Å². The van der Waals surface area contributed by atoms with E-state index >= 15 is 0 Å². The number of carbonyl (C=O) groups is 1. The lowest BCUT2D eigenvalue weighted by atomic mass is 10.2. The van der Waals surface area contributed by atoms with Crippen molar-refractivity contribution in [1.29, 1.82) is 0 Å². The molecule has 1 N–H and O–H groups in total. The van der Waals surface area contributed by atoms with Gasteiger partial charge in [0.05, 0.1) is 11.9 Å². The van der Waals surface area contributed by atoms with Crippen molar-refractivity contribution in [1.82, 2.24) is 18.5 Å². The number of rotatable bonds is 3. The molecule has 0 spiro atoms. The second-order valence-electron chi connectivity index (χ2n) is 6.38. The van der Waals surface area contributed by atoms with Gasteiger partial charge in [0, 0.05) is 45.5 Å². The largest absolute Gasteiger partial charge is 0.322 e. The molecule has 0 saturated carbocycles. The van der Waals surface area contributed by atoms with Crippen LogP contribution in [0.15, 0.2) is 24.5 Å². The van der Waals surface area contributed by atoms with Gasteiger partial charge in [-0.05, 0) is 25.0 Å². The number of urea groups is 1. The summed E-state index contributed by atoms with van der Waals surface area (Å²) in [6.45, 7) is 2.64. The molecular formula is C16H25N5O3S. The summed E-state index contributed by atoms with van der Waals surface area (Å²) in [5, 5.41) is 2.78. The van der Waals surface area contributed by atoms with Crippen molar-refractivity contribution in [3.05, 3.63) is 24.5 Å². The molecule has 25 heavy (non-hydrogen) atoms. The predicted molar refractivity (Wildman–Crippen MR) is 95.4 cm³/mol. The maximum Gasteiger partial charge on any atom is 0.321 e. The molecule has 2 aliphatic rings. The fourth-order valence-corrected chi connectivity index (χ4v) is 4.87. The number of anilines is 1. The van der Waals surface area contributed by atoms with Gasteiger partial charge in [-0.15, -0.1) is 0 Å². The SMILES string of the molecule is O=C(Nc1cccnc1)N1CCN(S(=O)(=O)N2CCCCCC2)CC1. The van der Waals surface area contributed by atoms with E-state index < -0.39 is 10.2 Å². The average Bonchev–Trinajstić information content (AvgIpc) is 2.93. The molecule has 0 atom stereocenters. The lowest BCUT2D eigenvalue weighted by Gasteiger charge is -2.36. The van der Waals surface area contributed by atoms with E-state index in [9.17, 15) is 13.2 Å². The quantitative estimate of drug-likeness (QED) is 0.874. The Morgan fingerprint density at radius 2 is 1.60 bits per heavy atom. The highest BCUT2D eigenvalue weighted by atomic mass is 32.2. The second-order valence-corrected chi connectivity index (χ2v) is 8.31. The van der Waals surface area contributed by atoms with Crippen molar-refractivity contribution in [2.75, 3.05) is 44.6 Å². The van der Waals surface area contributed by atoms with E-state index in [1.165, 1.54) is 4.31 Å². The van der Waals surface area contributed by atoms with Crippen LogP contribution >= 0.6 is 0 Å². The molecule has 2 fully saturated rings. The van der Waals surface area contributed by atoms with Crippen LogP contribution in [0.25, 0.3) is 0 Å². The summed E-state index contributed by atoms with van der Waals surface area (Å²) < 4.78 is 28.7. The Morgan fingerprint density at radius 3 is 2.20 bits per heavy atom. The molecule has 0 unspecified atom stereocenters. The normalized spacial score (nSPS) is 20.9. The third kappa shape index (κ3) is 4.47. The van der Waals surface area contributed by atoms with E-state index in [2.05, 4.69) is 10.3 Å². The first-order valence-electron chi connectivity index (χ1n) is 8.78. The Balaban J connectivity index is 1.55. The molecule has 1 aromatic heterocycles. The molecule has 9 heteroatoms. The monoisotopic (exact) mass is 367 g/mol. The Bertz CT molecular complexity index is 666. The zero-order chi connectivity index (χ0) is 17.7. The highest BCUT2D eigenvalue weighted by Gasteiger charge is 2.33. The van der Waals surface area contributed by atoms with Gasteiger partial charge < -0.3 is 10.2 Å². The van der Waals surface area contributed by atoms with E-state index in [1.807, 2.05) is 0 Å². The van der Waals surface area contributed by atoms with Crippen LogP contribution in [0.1, 0.15) is 25.7 Å². The van der Waals surface area contributed by atoms with Crippen LogP contribution in [0.3, 0.4) is 0 Å². The second kappa shape index (κ2) is 8.11. The Kier molecular flexibility index (Phi) is 5.87. The fourth-order valence-electron chi connectivity index (χ4n) is 3.20. The van der Waals surface area contributed by atoms with Crippen molar-refractivity contribution in [3.63, 3.8) is 0 Å². The topological polar surface area (TPSA) is 85.9 Å². The maximum atomic E-state index is 12.8. The molecule has 0 bridgehead atoms. The molecule has 1 aromatic rings. The van der Waals surface area contributed by atoms with Crippen molar-refractivity contribution < 1.29 is 13.2 Å². The van der Waals surface area contributed by atoms with Gasteiger partial charge >= 0.3 is 6.03 Å². The summed E-state index contributed by atoms with van der Waals surface area (Å²) in [5.74, 6) is 0. The van der Waals surface area contributed by atoms with Crippen molar-refractivity contribution >= 4 is 21.9 Å². The molecule has 8 nitrogen and oxygen atoms in total. The van der Waals surface area contributed by atoms with E-state index in [4.69, 9.17) is 0 Å². The van der Waals surface area contributed by atoms with Crippen LogP contribution in [-0.2, 0) is 10.2 Å². The van der Waals surface area contributed by atoms with Crippen LogP contribution in [-0.4, -0.2) is 72.2 Å². The molecule has 2 saturated heterocycles. The predicted octanol–water partition coefficient (Wildman–Crippen LogP) is 1.35. The first kappa shape index (κ1) is 18.1. The zero-order valence-corrected chi connectivity index (χ0v) is 15.1. The molecule has 138 valence electrons. The van der Waals surface area contributed by atoms with Crippen LogP contribution < -0.4 is 5.32 Å². The van der Waals surface area contributed by atoms with Gasteiger partial charge in [0.2, 0.25) is 0 Å². The first-order valence-corrected chi connectivity index (χ1v) is 10.2. The Hall–Kier alpha value is -1.71. The number of aromatic nitrogens is 1. The number of hydrogen-bond acceptors (Lipinski definition) is 4. The third-order valence-corrected chi connectivity index (χ3v) is 6.69. The maximum absolute atomic E-state index is 12.8. The van der Waals surface area contributed by atoms with Crippen molar-refractivity contribution in [2.45, 2.75) is 25.7 Å². The molecule has 3 heterocycles. The fraction of sp³-hybridized carbons (Fsp3) is 0.625. The zero-order valence-electron chi connectivity index (χ0n) is 14.3. The van der Waals surface area contributed by atoms with Gasteiger partial charge in [-0.2, -0.15) is 17.0 Å². The summed E-state index contributed by atoms with van der Waals surface area (Å²) in [6, 6.07) is 3.30. The summed E-state index contributed by atoms with van der Waals surface area (Å²) in [6.07, 6.45) is 7.25. The number of amides is 2. The Morgan fingerprint density at radius 1 is 0.960 bits per heavy atom. The smallest absolute Gasteiger partial charge is 0.321 e. The van der Waals surface area contributed by atoms with Crippen LogP contribution in [0.4, 0.5) is 10.5 Å². The van der Waals surface area contributed by atoms with Crippen molar-refractivity contribution in [2.24, 2.45) is 0 Å². The van der Waals surface area contributed by atoms with E-state index in [0.29, 0.717) is 45.0 Å². The van der Waals surface area contributed by atoms with E-state index in [-0.39, 0.29) is 6.03 Å². The molecule has 0 aliphatic carbocycles. The number of nitrogens with one attached hydrogen (secondary N) is 1. The molecule has 2 aliphatic heterocycles. The summed E-state index contributed by atoms with van der Waals surface area (Å²) in [7, 11) is -3.42. The van der Waals surface area contributed by atoms with E-state index in [1.54, 1.807) is 33.7 Å². The molecule has 2 amide bonds. The number of nitrogens with zero attached hydrogens (tertiary/aromatic N) is 4. The lowest BCUT2D eigenvalue weighted by Crippen LogP contribution is -2.55. The molecular weight excluding hydrogens is 342 g/mol. The third-order valence-electron chi connectivity index (χ3n) is 4.66. The van der Waals surface area contributed by atoms with Crippen LogP contribution in [0, 0.1) is 0 Å². The summed E-state index contributed by atoms with van der Waals surface area (Å²) >= 11 is 0. The Labute approximate surface area is 149 Å². The van der Waals surface area contributed by atoms with Gasteiger partial charge in [0.15, 0.2) is 0 Å². The van der Waals surface area contributed by atoms with Crippen molar-refractivity contribution in [3.8, 4) is 0 Å². The number of hydrogen-bond donors (Lipinski definition) is 1. The lowest BCUT2D eigenvalue weighted by molar-refractivity contribution is 0.180. The van der Waals surface area contributed by atoms with Crippen LogP contribution in [0.5, 0.6) is 0 Å². The van der Waals surface area contributed by atoms with E-state index in [0.717, 1.165) is 25.7 Å². The number of pyridine rings is 1. The highest BCUT2D eigenvalue weighted by molar-refractivity contribution is 7.86. The van der Waals surface area contributed by atoms with Gasteiger partial charge in [-0.25, -0.2) is 4.79 Å². The van der Waals surface area contributed by atoms with Crippen LogP contribution in [0.2, 0.25) is 0 Å². The van der Waals surface area contributed by atoms with Gasteiger partial charge in [-0.3, -0.25) is 4.98 Å². The molecule has 3 rings (SSSR count). The number of piperazine rings is 1.